The molecule has 0 atom stereocenters. The molecule has 0 bridgehead atoms. The summed E-state index contributed by atoms with van der Waals surface area (Å²) < 4.78 is 12.0. The molecule has 0 spiro atoms. The van der Waals surface area contributed by atoms with Gasteiger partial charge in [0.1, 0.15) is 6.67 Å². The fourth-order valence-electron chi connectivity index (χ4n) is 2.11. The quantitative estimate of drug-likeness (QED) is 0.675. The highest BCUT2D eigenvalue weighted by Gasteiger charge is 2.17. The van der Waals surface area contributed by atoms with Gasteiger partial charge in [0.2, 0.25) is 0 Å². The van der Waals surface area contributed by atoms with Gasteiger partial charge in [-0.25, -0.2) is 4.39 Å². The number of nitrogens with zero attached hydrogens (tertiary/aromatic N) is 1. The van der Waals surface area contributed by atoms with E-state index >= 15 is 0 Å². The van der Waals surface area contributed by atoms with Crippen molar-refractivity contribution in [2.75, 3.05) is 26.3 Å². The second-order valence-corrected chi connectivity index (χ2v) is 4.12. The van der Waals surface area contributed by atoms with Crippen LogP contribution in [-0.2, 0) is 0 Å². The number of rotatable bonds is 5. The number of halogens is 1. The van der Waals surface area contributed by atoms with E-state index in [4.69, 9.17) is 0 Å². The summed E-state index contributed by atoms with van der Waals surface area (Å²) in [5.41, 5.74) is 0. The van der Waals surface area contributed by atoms with Gasteiger partial charge in [0, 0.05) is 6.54 Å². The van der Waals surface area contributed by atoms with Crippen molar-refractivity contribution in [1.29, 1.82) is 0 Å². The normalized spacial score (nSPS) is 18.4. The lowest BCUT2D eigenvalue weighted by Gasteiger charge is -2.31. The first-order valence-electron chi connectivity index (χ1n) is 6.65. The minimum atomic E-state index is -0.181. The molecule has 0 N–H and O–H groups in total. The van der Waals surface area contributed by atoms with E-state index in [1.807, 2.05) is 13.8 Å². The summed E-state index contributed by atoms with van der Waals surface area (Å²) in [4.78, 5) is 2.25. The van der Waals surface area contributed by atoms with Crippen molar-refractivity contribution in [3.63, 3.8) is 0 Å². The zero-order chi connectivity index (χ0) is 11.5. The molecule has 1 aliphatic heterocycles. The predicted molar refractivity (Wildman–Crippen MR) is 66.0 cm³/mol. The van der Waals surface area contributed by atoms with Crippen molar-refractivity contribution in [2.45, 2.75) is 52.9 Å². The van der Waals surface area contributed by atoms with Gasteiger partial charge in [-0.05, 0) is 31.8 Å². The van der Waals surface area contributed by atoms with Crippen LogP contribution in [0.1, 0.15) is 52.9 Å². The van der Waals surface area contributed by atoms with Crippen molar-refractivity contribution in [3.05, 3.63) is 0 Å². The molecule has 0 aromatic rings. The molecule has 0 unspecified atom stereocenters. The first kappa shape index (κ1) is 14.9. The molecule has 0 aliphatic carbocycles. The highest BCUT2D eigenvalue weighted by Crippen LogP contribution is 2.22. The van der Waals surface area contributed by atoms with Crippen LogP contribution in [0.5, 0.6) is 0 Å². The molecule has 0 aromatic heterocycles. The Labute approximate surface area is 95.0 Å². The van der Waals surface area contributed by atoms with E-state index in [9.17, 15) is 4.39 Å². The van der Waals surface area contributed by atoms with Gasteiger partial charge < -0.3 is 4.90 Å². The molecule has 0 amide bonds. The second kappa shape index (κ2) is 10.4. The predicted octanol–water partition coefficient (Wildman–Crippen LogP) is 3.88. The molecule has 0 radical (unpaired) electrons. The molecule has 0 saturated carbocycles. The molecular formula is C13H28FN. The first-order valence-corrected chi connectivity index (χ1v) is 6.65. The maximum absolute atomic E-state index is 12.0. The highest BCUT2D eigenvalue weighted by atomic mass is 19.1. The summed E-state index contributed by atoms with van der Waals surface area (Å²) in [5, 5.41) is 0. The molecule has 2 heteroatoms. The molecule has 1 nitrogen and oxygen atoms in total. The second-order valence-electron chi connectivity index (χ2n) is 4.12. The van der Waals surface area contributed by atoms with Gasteiger partial charge in [-0.15, -0.1) is 0 Å². The first-order chi connectivity index (χ1) is 7.36. The van der Waals surface area contributed by atoms with Crippen molar-refractivity contribution in [2.24, 2.45) is 5.92 Å². The lowest BCUT2D eigenvalue weighted by molar-refractivity contribution is 0.167. The zero-order valence-electron chi connectivity index (χ0n) is 10.8. The standard InChI is InChI=1S/C11H22FN.C2H6/c1-2-3-4-11-5-8-13(9-6-11)10-7-12;1-2/h11H,2-10H2,1H3;1-2H3. The fraction of sp³-hybridized carbons (Fsp3) is 1.00. The Hall–Kier alpha value is -0.110. The molecule has 92 valence electrons. The lowest BCUT2D eigenvalue weighted by atomic mass is 9.92. The van der Waals surface area contributed by atoms with Gasteiger partial charge in [-0.1, -0.05) is 40.0 Å². The Morgan fingerprint density at radius 3 is 2.27 bits per heavy atom. The maximum Gasteiger partial charge on any atom is 0.102 e. The Morgan fingerprint density at radius 1 is 1.20 bits per heavy atom. The summed E-state index contributed by atoms with van der Waals surface area (Å²) in [5.74, 6) is 0.927. The molecule has 15 heavy (non-hydrogen) atoms. The molecule has 1 heterocycles. The van der Waals surface area contributed by atoms with Crippen LogP contribution in [0.15, 0.2) is 0 Å². The number of hydrogen-bond acceptors (Lipinski definition) is 1. The van der Waals surface area contributed by atoms with Crippen molar-refractivity contribution in [3.8, 4) is 0 Å². The summed E-state index contributed by atoms with van der Waals surface area (Å²) in [7, 11) is 0. The third-order valence-corrected chi connectivity index (χ3v) is 3.07. The van der Waals surface area contributed by atoms with Crippen LogP contribution in [0, 0.1) is 5.92 Å². The number of hydrogen-bond donors (Lipinski definition) is 0. The number of unbranched alkanes of at least 4 members (excludes halogenated alkanes) is 1. The van der Waals surface area contributed by atoms with Crippen LogP contribution >= 0.6 is 0 Å². The minimum absolute atomic E-state index is 0.181. The van der Waals surface area contributed by atoms with Gasteiger partial charge in [-0.3, -0.25) is 0 Å². The van der Waals surface area contributed by atoms with E-state index in [-0.39, 0.29) is 6.67 Å². The van der Waals surface area contributed by atoms with Gasteiger partial charge in [0.25, 0.3) is 0 Å². The lowest BCUT2D eigenvalue weighted by Crippen LogP contribution is -2.35. The minimum Gasteiger partial charge on any atom is -0.301 e. The van der Waals surface area contributed by atoms with Gasteiger partial charge >= 0.3 is 0 Å². The third-order valence-electron chi connectivity index (χ3n) is 3.07. The van der Waals surface area contributed by atoms with Crippen LogP contribution in [0.25, 0.3) is 0 Å². The number of alkyl halides is 1. The van der Waals surface area contributed by atoms with Crippen LogP contribution in [0.3, 0.4) is 0 Å². The Balaban J connectivity index is 0.000000921. The topological polar surface area (TPSA) is 3.24 Å². The van der Waals surface area contributed by atoms with Crippen molar-refractivity contribution >= 4 is 0 Å². The molecule has 1 aliphatic rings. The Kier molecular flexibility index (Phi) is 10.3. The van der Waals surface area contributed by atoms with E-state index in [0.29, 0.717) is 6.54 Å². The average molecular weight is 217 g/mol. The van der Waals surface area contributed by atoms with E-state index in [1.165, 1.54) is 32.1 Å². The monoisotopic (exact) mass is 217 g/mol. The highest BCUT2D eigenvalue weighted by molar-refractivity contribution is 4.71. The molecule has 1 fully saturated rings. The summed E-state index contributed by atoms with van der Waals surface area (Å²) in [6.45, 7) is 8.97. The van der Waals surface area contributed by atoms with Crippen LogP contribution in [0.4, 0.5) is 4.39 Å². The molecule has 0 aromatic carbocycles. The SMILES string of the molecule is CC.CCCCC1CCN(CCF)CC1. The third kappa shape index (κ3) is 6.88. The number of piperidine rings is 1. The smallest absolute Gasteiger partial charge is 0.102 e. The van der Waals surface area contributed by atoms with Gasteiger partial charge in [-0.2, -0.15) is 0 Å². The van der Waals surface area contributed by atoms with Gasteiger partial charge in [0.05, 0.1) is 0 Å². The zero-order valence-corrected chi connectivity index (χ0v) is 10.8. The van der Waals surface area contributed by atoms with E-state index in [0.717, 1.165) is 19.0 Å². The van der Waals surface area contributed by atoms with Gasteiger partial charge in [0.15, 0.2) is 0 Å². The van der Waals surface area contributed by atoms with Crippen LogP contribution < -0.4 is 0 Å². The molecule has 1 saturated heterocycles. The fourth-order valence-corrected chi connectivity index (χ4v) is 2.11. The van der Waals surface area contributed by atoms with E-state index in [1.54, 1.807) is 0 Å². The summed E-state index contributed by atoms with van der Waals surface area (Å²) in [6, 6.07) is 0. The van der Waals surface area contributed by atoms with Crippen molar-refractivity contribution < 1.29 is 4.39 Å². The Morgan fingerprint density at radius 2 is 1.80 bits per heavy atom. The summed E-state index contributed by atoms with van der Waals surface area (Å²) in [6.07, 6.45) is 6.65. The Bertz CT molecular complexity index is 120. The van der Waals surface area contributed by atoms with Crippen LogP contribution in [0.2, 0.25) is 0 Å². The van der Waals surface area contributed by atoms with E-state index < -0.39 is 0 Å². The summed E-state index contributed by atoms with van der Waals surface area (Å²) >= 11 is 0. The average Bonchev–Trinajstić information content (AvgIpc) is 2.31. The molecular weight excluding hydrogens is 189 g/mol. The largest absolute Gasteiger partial charge is 0.301 e. The maximum atomic E-state index is 12.0. The molecule has 1 rings (SSSR count). The van der Waals surface area contributed by atoms with E-state index in [2.05, 4.69) is 11.8 Å². The van der Waals surface area contributed by atoms with Crippen molar-refractivity contribution in [1.82, 2.24) is 4.90 Å². The number of likely N-dealkylation sites (tertiary alicyclic amines) is 1. The van der Waals surface area contributed by atoms with Crippen LogP contribution in [-0.4, -0.2) is 31.2 Å².